The Morgan fingerprint density at radius 3 is 2.97 bits per heavy atom. The normalized spacial score (nSPS) is 16.5. The summed E-state index contributed by atoms with van der Waals surface area (Å²) in [4.78, 5) is 12.5. The summed E-state index contributed by atoms with van der Waals surface area (Å²) in [5, 5.41) is 8.81. The molecular formula is C20H29ClIN5OS. The molecule has 1 unspecified atom stereocenters. The number of rotatable bonds is 7. The van der Waals surface area contributed by atoms with E-state index in [9.17, 15) is 0 Å². The van der Waals surface area contributed by atoms with E-state index >= 15 is 0 Å². The predicted molar refractivity (Wildman–Crippen MR) is 134 cm³/mol. The van der Waals surface area contributed by atoms with E-state index in [1.807, 2.05) is 24.4 Å². The minimum absolute atomic E-state index is 0. The monoisotopic (exact) mass is 549 g/mol. The van der Waals surface area contributed by atoms with Crippen LogP contribution >= 0.6 is 46.9 Å². The van der Waals surface area contributed by atoms with Gasteiger partial charge in [-0.3, -0.25) is 4.99 Å². The Bertz CT molecular complexity index is 816. The average Bonchev–Trinajstić information content (AvgIpc) is 3.36. The number of thiazole rings is 1. The van der Waals surface area contributed by atoms with Gasteiger partial charge in [0.25, 0.3) is 0 Å². The molecule has 0 aliphatic carbocycles. The summed E-state index contributed by atoms with van der Waals surface area (Å²) in [5.74, 6) is 1.68. The van der Waals surface area contributed by atoms with Gasteiger partial charge in [-0.1, -0.05) is 18.5 Å². The lowest BCUT2D eigenvalue weighted by molar-refractivity contribution is 0.415. The quantitative estimate of drug-likeness (QED) is 0.311. The summed E-state index contributed by atoms with van der Waals surface area (Å²) in [6, 6.07) is 6.06. The van der Waals surface area contributed by atoms with E-state index in [2.05, 4.69) is 32.4 Å². The molecule has 1 aliphatic rings. The standard InChI is InChI=1S/C20H28ClN5OS.HI/c1-4-16-12-24-19(28-16)7-9-23-20(22-2)25-15-8-10-26(13-15)17-11-14(21)5-6-18(17)27-3;/h5-6,11-12,15H,4,7-10,13H2,1-3H3,(H2,22,23,25);1H. The van der Waals surface area contributed by atoms with E-state index in [0.717, 1.165) is 61.3 Å². The van der Waals surface area contributed by atoms with Crippen LogP contribution in [0.15, 0.2) is 29.4 Å². The van der Waals surface area contributed by atoms with Gasteiger partial charge >= 0.3 is 0 Å². The molecule has 1 fully saturated rings. The fourth-order valence-corrected chi connectivity index (χ4v) is 4.34. The third-order valence-electron chi connectivity index (χ3n) is 4.82. The zero-order valence-electron chi connectivity index (χ0n) is 17.1. The first-order chi connectivity index (χ1) is 13.6. The molecule has 1 atom stereocenters. The predicted octanol–water partition coefficient (Wildman–Crippen LogP) is 3.97. The minimum atomic E-state index is 0. The number of hydrogen-bond donors (Lipinski definition) is 2. The molecule has 3 rings (SSSR count). The Balaban J connectivity index is 0.00000300. The van der Waals surface area contributed by atoms with Crippen LogP contribution in [0, 0.1) is 0 Å². The molecule has 2 N–H and O–H groups in total. The first-order valence-corrected chi connectivity index (χ1v) is 10.8. The maximum absolute atomic E-state index is 6.18. The zero-order valence-corrected chi connectivity index (χ0v) is 21.0. The number of aromatic nitrogens is 1. The van der Waals surface area contributed by atoms with Crippen molar-refractivity contribution in [3.8, 4) is 5.75 Å². The second kappa shape index (κ2) is 11.8. The highest BCUT2D eigenvalue weighted by Crippen LogP contribution is 2.33. The van der Waals surface area contributed by atoms with Crippen molar-refractivity contribution < 1.29 is 4.74 Å². The maximum atomic E-state index is 6.18. The van der Waals surface area contributed by atoms with Gasteiger partial charge < -0.3 is 20.3 Å². The summed E-state index contributed by atoms with van der Waals surface area (Å²) in [5.41, 5.74) is 1.04. The van der Waals surface area contributed by atoms with E-state index in [1.54, 1.807) is 25.5 Å². The molecule has 2 heterocycles. The lowest BCUT2D eigenvalue weighted by Gasteiger charge is -2.22. The molecule has 0 bridgehead atoms. The SMILES string of the molecule is CCc1cnc(CCNC(=NC)NC2CCN(c3cc(Cl)ccc3OC)C2)s1.I. The highest BCUT2D eigenvalue weighted by Gasteiger charge is 2.25. The Morgan fingerprint density at radius 1 is 1.45 bits per heavy atom. The molecule has 160 valence electrons. The Labute approximate surface area is 199 Å². The summed E-state index contributed by atoms with van der Waals surface area (Å²) in [6.45, 7) is 4.80. The lowest BCUT2D eigenvalue weighted by Crippen LogP contribution is -2.45. The van der Waals surface area contributed by atoms with Crippen LogP contribution in [0.4, 0.5) is 5.69 Å². The van der Waals surface area contributed by atoms with E-state index in [1.165, 1.54) is 9.88 Å². The average molecular weight is 550 g/mol. The molecule has 2 aromatic rings. The third-order valence-corrected chi connectivity index (χ3v) is 6.25. The van der Waals surface area contributed by atoms with Crippen LogP contribution in [0.25, 0.3) is 0 Å². The van der Waals surface area contributed by atoms with Crippen LogP contribution in [0.5, 0.6) is 5.75 Å². The zero-order chi connectivity index (χ0) is 19.9. The van der Waals surface area contributed by atoms with Gasteiger partial charge in [-0.15, -0.1) is 35.3 Å². The van der Waals surface area contributed by atoms with Crippen LogP contribution < -0.4 is 20.3 Å². The van der Waals surface area contributed by atoms with Crippen LogP contribution in [0.1, 0.15) is 23.2 Å². The van der Waals surface area contributed by atoms with Crippen LogP contribution in [0.2, 0.25) is 5.02 Å². The highest BCUT2D eigenvalue weighted by molar-refractivity contribution is 14.0. The number of halogens is 2. The van der Waals surface area contributed by atoms with Crippen molar-refractivity contribution in [3.05, 3.63) is 39.3 Å². The van der Waals surface area contributed by atoms with Crippen molar-refractivity contribution in [1.29, 1.82) is 0 Å². The number of nitrogens with one attached hydrogen (secondary N) is 2. The van der Waals surface area contributed by atoms with Crippen LogP contribution in [-0.4, -0.2) is 50.8 Å². The van der Waals surface area contributed by atoms with Crippen molar-refractivity contribution in [3.63, 3.8) is 0 Å². The molecule has 1 aromatic carbocycles. The molecule has 1 aromatic heterocycles. The number of methoxy groups -OCH3 is 1. The topological polar surface area (TPSA) is 61.8 Å². The molecule has 1 saturated heterocycles. The number of aliphatic imine (C=N–C) groups is 1. The second-order valence-corrected chi connectivity index (χ2v) is 8.35. The van der Waals surface area contributed by atoms with Gasteiger partial charge in [-0.05, 0) is 31.0 Å². The number of nitrogens with zero attached hydrogens (tertiary/aromatic N) is 3. The number of aryl methyl sites for hydroxylation is 1. The summed E-state index contributed by atoms with van der Waals surface area (Å²) in [7, 11) is 3.50. The molecule has 6 nitrogen and oxygen atoms in total. The van der Waals surface area contributed by atoms with Crippen molar-refractivity contribution in [2.75, 3.05) is 38.7 Å². The largest absolute Gasteiger partial charge is 0.495 e. The number of guanidine groups is 1. The molecule has 1 aliphatic heterocycles. The first-order valence-electron chi connectivity index (χ1n) is 9.62. The summed E-state index contributed by atoms with van der Waals surface area (Å²) >= 11 is 7.97. The van der Waals surface area contributed by atoms with Gasteiger partial charge in [0.1, 0.15) is 5.75 Å². The summed E-state index contributed by atoms with van der Waals surface area (Å²) in [6.07, 6.45) is 4.96. The van der Waals surface area contributed by atoms with Gasteiger partial charge in [0.2, 0.25) is 0 Å². The fraction of sp³-hybridized carbons (Fsp3) is 0.500. The molecule has 9 heteroatoms. The van der Waals surface area contributed by atoms with Gasteiger partial charge in [0.15, 0.2) is 5.96 Å². The Kier molecular flexibility index (Phi) is 9.78. The third kappa shape index (κ3) is 6.62. The van der Waals surface area contributed by atoms with E-state index in [0.29, 0.717) is 6.04 Å². The molecular weight excluding hydrogens is 521 g/mol. The number of benzene rings is 1. The van der Waals surface area contributed by atoms with Crippen LogP contribution in [0.3, 0.4) is 0 Å². The van der Waals surface area contributed by atoms with Gasteiger partial charge in [0, 0.05) is 55.2 Å². The van der Waals surface area contributed by atoms with Crippen molar-refractivity contribution in [2.45, 2.75) is 32.2 Å². The van der Waals surface area contributed by atoms with Crippen LogP contribution in [-0.2, 0) is 12.8 Å². The van der Waals surface area contributed by atoms with Crippen molar-refractivity contribution in [1.82, 2.24) is 15.6 Å². The van der Waals surface area contributed by atoms with Crippen molar-refractivity contribution >= 4 is 58.6 Å². The van der Waals surface area contributed by atoms with Gasteiger partial charge in [0.05, 0.1) is 17.8 Å². The Hall–Kier alpha value is -1.26. The van der Waals surface area contributed by atoms with E-state index in [-0.39, 0.29) is 24.0 Å². The number of hydrogen-bond acceptors (Lipinski definition) is 5. The first kappa shape index (κ1) is 24.0. The number of ether oxygens (including phenoxy) is 1. The molecule has 0 amide bonds. The molecule has 0 spiro atoms. The van der Waals surface area contributed by atoms with Gasteiger partial charge in [-0.2, -0.15) is 0 Å². The molecule has 0 radical (unpaired) electrons. The molecule has 29 heavy (non-hydrogen) atoms. The fourth-order valence-electron chi connectivity index (χ4n) is 3.31. The molecule has 0 saturated carbocycles. The van der Waals surface area contributed by atoms with E-state index < -0.39 is 0 Å². The maximum Gasteiger partial charge on any atom is 0.191 e. The van der Waals surface area contributed by atoms with Crippen molar-refractivity contribution in [2.24, 2.45) is 4.99 Å². The minimum Gasteiger partial charge on any atom is -0.495 e. The second-order valence-electron chi connectivity index (χ2n) is 6.71. The van der Waals surface area contributed by atoms with E-state index in [4.69, 9.17) is 16.3 Å². The highest BCUT2D eigenvalue weighted by atomic mass is 127. The number of anilines is 1. The smallest absolute Gasteiger partial charge is 0.191 e. The lowest BCUT2D eigenvalue weighted by atomic mass is 10.2. The summed E-state index contributed by atoms with van der Waals surface area (Å²) < 4.78 is 5.49. The van der Waals surface area contributed by atoms with Gasteiger partial charge in [-0.25, -0.2) is 4.98 Å². The Morgan fingerprint density at radius 2 is 2.28 bits per heavy atom.